The van der Waals surface area contributed by atoms with E-state index < -0.39 is 10.1 Å². The van der Waals surface area contributed by atoms with Gasteiger partial charge in [-0.2, -0.15) is 8.42 Å². The zero-order valence-electron chi connectivity index (χ0n) is 16.0. The molecule has 0 amide bonds. The van der Waals surface area contributed by atoms with Crippen LogP contribution in [0.15, 0.2) is 47.4 Å². The van der Waals surface area contributed by atoms with Crippen LogP contribution in [0.1, 0.15) is 51.0 Å². The SMILES string of the molecule is CCCCCCCCc1cccc(Oc2cccc(S(=O)(=O)O)c2)c1[O-].[K+]. The largest absolute Gasteiger partial charge is 1.00 e. The van der Waals surface area contributed by atoms with E-state index in [0.29, 0.717) is 12.0 Å². The Kier molecular flexibility index (Phi) is 11.1. The van der Waals surface area contributed by atoms with Crippen molar-refractivity contribution in [2.45, 2.75) is 56.8 Å². The number of ether oxygens (including phenoxy) is 1. The standard InChI is InChI=1S/C20H26O5S.K/c1-2-3-4-5-6-7-10-16-11-8-14-19(20(16)21)25-17-12-9-13-18(15-17)26(22,23)24;/h8-9,11-15,21H,2-7,10H2,1H3,(H,22,23,24);/q;+1/p-1. The van der Waals surface area contributed by atoms with E-state index in [9.17, 15) is 13.5 Å². The molecule has 2 aromatic carbocycles. The topological polar surface area (TPSA) is 86.7 Å². The number of unbranched alkanes of at least 4 members (excludes halogenated alkanes) is 5. The summed E-state index contributed by atoms with van der Waals surface area (Å²) in [4.78, 5) is -0.273. The summed E-state index contributed by atoms with van der Waals surface area (Å²) in [6, 6.07) is 10.6. The molecule has 0 aliphatic carbocycles. The molecular formula is C20H25KO5S. The van der Waals surface area contributed by atoms with Gasteiger partial charge in [0, 0.05) is 6.07 Å². The summed E-state index contributed by atoms with van der Waals surface area (Å²) >= 11 is 0. The Morgan fingerprint density at radius 2 is 1.67 bits per heavy atom. The van der Waals surface area contributed by atoms with Crippen LogP contribution in [-0.2, 0) is 16.5 Å². The predicted molar refractivity (Wildman–Crippen MR) is 99.3 cm³/mol. The minimum atomic E-state index is -4.32. The van der Waals surface area contributed by atoms with E-state index in [1.165, 1.54) is 49.9 Å². The molecule has 0 atom stereocenters. The molecule has 0 spiro atoms. The van der Waals surface area contributed by atoms with Gasteiger partial charge < -0.3 is 9.84 Å². The second kappa shape index (κ2) is 12.2. The number of aryl methyl sites for hydroxylation is 1. The van der Waals surface area contributed by atoms with Crippen LogP contribution >= 0.6 is 0 Å². The molecule has 2 rings (SSSR count). The molecule has 0 aliphatic rings. The van der Waals surface area contributed by atoms with Crippen LogP contribution in [-0.4, -0.2) is 13.0 Å². The number of benzene rings is 2. The first-order valence-electron chi connectivity index (χ1n) is 8.96. The van der Waals surface area contributed by atoms with Crippen LogP contribution in [0, 0.1) is 0 Å². The summed E-state index contributed by atoms with van der Waals surface area (Å²) in [5.74, 6) is 0.160. The molecule has 142 valence electrons. The Morgan fingerprint density at radius 1 is 1.00 bits per heavy atom. The van der Waals surface area contributed by atoms with Gasteiger partial charge in [-0.25, -0.2) is 0 Å². The maximum absolute atomic E-state index is 12.5. The van der Waals surface area contributed by atoms with Crippen molar-refractivity contribution in [3.8, 4) is 17.2 Å². The first kappa shape index (κ1) is 24.6. The molecule has 0 saturated carbocycles. The fourth-order valence-corrected chi connectivity index (χ4v) is 3.28. The molecule has 0 aliphatic heterocycles. The molecular weight excluding hydrogens is 391 g/mol. The maximum atomic E-state index is 12.5. The molecule has 0 aromatic heterocycles. The Hall–Kier alpha value is -0.414. The first-order valence-corrected chi connectivity index (χ1v) is 10.4. The fourth-order valence-electron chi connectivity index (χ4n) is 2.76. The Morgan fingerprint density at radius 3 is 2.37 bits per heavy atom. The zero-order valence-corrected chi connectivity index (χ0v) is 19.9. The van der Waals surface area contributed by atoms with Gasteiger partial charge in [0.15, 0.2) is 0 Å². The van der Waals surface area contributed by atoms with Crippen molar-refractivity contribution in [3.05, 3.63) is 48.0 Å². The number of para-hydroxylation sites is 1. The Balaban J connectivity index is 0.00000364. The first-order chi connectivity index (χ1) is 12.4. The van der Waals surface area contributed by atoms with Crippen molar-refractivity contribution in [2.75, 3.05) is 0 Å². The van der Waals surface area contributed by atoms with Crippen molar-refractivity contribution >= 4 is 10.1 Å². The molecule has 0 fully saturated rings. The van der Waals surface area contributed by atoms with Crippen molar-refractivity contribution < 1.29 is 74.2 Å². The van der Waals surface area contributed by atoms with Gasteiger partial charge >= 0.3 is 51.4 Å². The molecule has 2 aromatic rings. The minimum absolute atomic E-state index is 0. The molecule has 27 heavy (non-hydrogen) atoms. The van der Waals surface area contributed by atoms with Crippen molar-refractivity contribution in [2.24, 2.45) is 0 Å². The molecule has 5 nitrogen and oxygen atoms in total. The second-order valence-electron chi connectivity index (χ2n) is 6.31. The van der Waals surface area contributed by atoms with E-state index in [0.717, 1.165) is 12.8 Å². The number of hydrogen-bond donors (Lipinski definition) is 1. The second-order valence-corrected chi connectivity index (χ2v) is 7.74. The predicted octanol–water partition coefficient (Wildman–Crippen LogP) is 1.71. The molecule has 0 saturated heterocycles. The fraction of sp³-hybridized carbons (Fsp3) is 0.400. The third-order valence-corrected chi connectivity index (χ3v) is 5.04. The van der Waals surface area contributed by atoms with Gasteiger partial charge in [-0.15, -0.1) is 0 Å². The van der Waals surface area contributed by atoms with E-state index in [-0.39, 0.29) is 73.5 Å². The average Bonchev–Trinajstić information content (AvgIpc) is 2.60. The van der Waals surface area contributed by atoms with Gasteiger partial charge in [-0.3, -0.25) is 4.55 Å². The van der Waals surface area contributed by atoms with Crippen LogP contribution in [0.5, 0.6) is 17.2 Å². The summed E-state index contributed by atoms with van der Waals surface area (Å²) in [7, 11) is -4.32. The van der Waals surface area contributed by atoms with Gasteiger partial charge in [0.1, 0.15) is 11.5 Å². The summed E-state index contributed by atoms with van der Waals surface area (Å²) in [6.07, 6.45) is 7.63. The number of hydrogen-bond acceptors (Lipinski definition) is 4. The van der Waals surface area contributed by atoms with E-state index in [1.807, 2.05) is 0 Å². The quantitative estimate of drug-likeness (QED) is 0.362. The van der Waals surface area contributed by atoms with Crippen molar-refractivity contribution in [1.82, 2.24) is 0 Å². The van der Waals surface area contributed by atoms with Gasteiger partial charge in [-0.1, -0.05) is 68.5 Å². The summed E-state index contributed by atoms with van der Waals surface area (Å²) < 4.78 is 37.1. The van der Waals surface area contributed by atoms with Gasteiger partial charge in [0.2, 0.25) is 0 Å². The third-order valence-electron chi connectivity index (χ3n) is 4.19. The summed E-state index contributed by atoms with van der Waals surface area (Å²) in [5, 5.41) is 12.5. The zero-order chi connectivity index (χ0) is 19.0. The molecule has 0 unspecified atom stereocenters. The van der Waals surface area contributed by atoms with E-state index in [1.54, 1.807) is 18.2 Å². The molecule has 0 bridgehead atoms. The monoisotopic (exact) mass is 416 g/mol. The third kappa shape index (κ3) is 8.23. The van der Waals surface area contributed by atoms with E-state index >= 15 is 0 Å². The normalized spacial score (nSPS) is 11.0. The van der Waals surface area contributed by atoms with Crippen LogP contribution in [0.4, 0.5) is 0 Å². The molecule has 0 radical (unpaired) electrons. The molecule has 7 heteroatoms. The molecule has 1 N–H and O–H groups in total. The van der Waals surface area contributed by atoms with Gasteiger partial charge in [0.05, 0.1) is 4.90 Å². The van der Waals surface area contributed by atoms with E-state index in [2.05, 4.69) is 6.92 Å². The summed E-state index contributed by atoms with van der Waals surface area (Å²) in [5.41, 5.74) is 0.698. The summed E-state index contributed by atoms with van der Waals surface area (Å²) in [6.45, 7) is 2.18. The minimum Gasteiger partial charge on any atom is -0.870 e. The average molecular weight is 417 g/mol. The van der Waals surface area contributed by atoms with Crippen LogP contribution < -0.4 is 61.2 Å². The van der Waals surface area contributed by atoms with Crippen LogP contribution in [0.2, 0.25) is 0 Å². The van der Waals surface area contributed by atoms with Gasteiger partial charge in [-0.05, 0) is 31.0 Å². The smallest absolute Gasteiger partial charge is 0.870 e. The van der Waals surface area contributed by atoms with Crippen molar-refractivity contribution in [3.63, 3.8) is 0 Å². The Bertz CT molecular complexity index is 821. The Labute approximate surface area is 204 Å². The van der Waals surface area contributed by atoms with Crippen LogP contribution in [0.3, 0.4) is 0 Å². The van der Waals surface area contributed by atoms with Crippen LogP contribution in [0.25, 0.3) is 0 Å². The van der Waals surface area contributed by atoms with Crippen molar-refractivity contribution in [1.29, 1.82) is 0 Å². The number of rotatable bonds is 10. The van der Waals surface area contributed by atoms with Gasteiger partial charge in [0.25, 0.3) is 10.1 Å². The maximum Gasteiger partial charge on any atom is 1.00 e. The molecule has 0 heterocycles. The van der Waals surface area contributed by atoms with E-state index in [4.69, 9.17) is 9.29 Å².